The predicted molar refractivity (Wildman–Crippen MR) is 123 cm³/mol. The minimum Gasteiger partial charge on any atom is -0.463 e. The molecular formula is C25H40O6. The fourth-order valence-electron chi connectivity index (χ4n) is 2.50. The summed E-state index contributed by atoms with van der Waals surface area (Å²) in [4.78, 5) is 22.2. The maximum absolute atomic E-state index is 11.6. The van der Waals surface area contributed by atoms with Gasteiger partial charge in [0, 0.05) is 13.3 Å². The third-order valence-electron chi connectivity index (χ3n) is 4.23. The summed E-state index contributed by atoms with van der Waals surface area (Å²) in [6.45, 7) is 3.06. The molecule has 0 heterocycles. The Balaban J connectivity index is 3.66. The molecular weight excluding hydrogens is 396 g/mol. The van der Waals surface area contributed by atoms with Crippen molar-refractivity contribution in [2.45, 2.75) is 83.8 Å². The number of carbonyl (C=O) groups excluding carboxylic acids is 2. The standard InChI is InChI=1S/C25H40O6/c1-3-4-14-17-23(27)18-15-12-10-8-6-5-7-9-11-13-16-19-25(29)31-21-24(28)20-30-22(2)26/h5-6,9-12,15,18,23-24,27-28H,3-4,7-8,13-14,16-17,19-21H2,1-2H3/b6-5-,11-9-,12-10-,18-15+/t23-,24-/m1/s1. The number of esters is 2. The molecule has 0 aliphatic rings. The molecule has 0 aliphatic carbocycles. The largest absolute Gasteiger partial charge is 0.463 e. The van der Waals surface area contributed by atoms with Crippen LogP contribution in [0.4, 0.5) is 0 Å². The van der Waals surface area contributed by atoms with E-state index >= 15 is 0 Å². The lowest BCUT2D eigenvalue weighted by Crippen LogP contribution is -2.24. The Morgan fingerprint density at radius 1 is 0.871 bits per heavy atom. The van der Waals surface area contributed by atoms with Crippen molar-refractivity contribution in [2.75, 3.05) is 13.2 Å². The number of aliphatic hydroxyl groups excluding tert-OH is 2. The molecule has 0 saturated carbocycles. The van der Waals surface area contributed by atoms with Crippen LogP contribution < -0.4 is 0 Å². The number of rotatable bonds is 18. The van der Waals surface area contributed by atoms with Crippen LogP contribution in [0, 0.1) is 0 Å². The van der Waals surface area contributed by atoms with Crippen molar-refractivity contribution in [3.63, 3.8) is 0 Å². The zero-order chi connectivity index (χ0) is 23.2. The normalized spacial score (nSPS) is 14.1. The zero-order valence-electron chi connectivity index (χ0n) is 19.1. The van der Waals surface area contributed by atoms with Crippen molar-refractivity contribution in [3.8, 4) is 0 Å². The van der Waals surface area contributed by atoms with Crippen LogP contribution in [0.5, 0.6) is 0 Å². The Hall–Kier alpha value is -2.18. The van der Waals surface area contributed by atoms with Crippen LogP contribution in [0.25, 0.3) is 0 Å². The van der Waals surface area contributed by atoms with E-state index < -0.39 is 12.1 Å². The number of aliphatic hydroxyl groups is 2. The maximum Gasteiger partial charge on any atom is 0.305 e. The highest BCUT2D eigenvalue weighted by Gasteiger charge is 2.09. The highest BCUT2D eigenvalue weighted by molar-refractivity contribution is 5.69. The third kappa shape index (κ3) is 22.3. The highest BCUT2D eigenvalue weighted by Crippen LogP contribution is 2.04. The van der Waals surface area contributed by atoms with E-state index in [1.165, 1.54) is 13.3 Å². The molecule has 0 aromatic rings. The third-order valence-corrected chi connectivity index (χ3v) is 4.23. The highest BCUT2D eigenvalue weighted by atomic mass is 16.6. The molecule has 31 heavy (non-hydrogen) atoms. The SMILES string of the molecule is CCCCC[C@@H](O)/C=C/C=C\C/C=C\C/C=C\CCCC(=O)OC[C@H](O)COC(C)=O. The zero-order valence-corrected chi connectivity index (χ0v) is 19.1. The first-order valence-corrected chi connectivity index (χ1v) is 11.2. The summed E-state index contributed by atoms with van der Waals surface area (Å²) in [5, 5.41) is 19.2. The van der Waals surface area contributed by atoms with Gasteiger partial charge in [-0.15, -0.1) is 0 Å². The molecule has 176 valence electrons. The fourth-order valence-corrected chi connectivity index (χ4v) is 2.50. The van der Waals surface area contributed by atoms with Gasteiger partial charge in [-0.25, -0.2) is 0 Å². The predicted octanol–water partition coefficient (Wildman–Crippen LogP) is 4.57. The van der Waals surface area contributed by atoms with Crippen LogP contribution in [0.15, 0.2) is 48.6 Å². The minimum atomic E-state index is -0.993. The summed E-state index contributed by atoms with van der Waals surface area (Å²) in [5.74, 6) is -0.852. The first-order valence-electron chi connectivity index (χ1n) is 11.2. The summed E-state index contributed by atoms with van der Waals surface area (Å²) >= 11 is 0. The molecule has 0 amide bonds. The number of hydrogen-bond donors (Lipinski definition) is 2. The van der Waals surface area contributed by atoms with Crippen molar-refractivity contribution < 1.29 is 29.3 Å². The second-order valence-corrected chi connectivity index (χ2v) is 7.32. The molecule has 0 spiro atoms. The first kappa shape index (κ1) is 28.8. The average Bonchev–Trinajstić information content (AvgIpc) is 2.74. The van der Waals surface area contributed by atoms with E-state index in [1.54, 1.807) is 0 Å². The smallest absolute Gasteiger partial charge is 0.305 e. The molecule has 0 saturated heterocycles. The van der Waals surface area contributed by atoms with Gasteiger partial charge in [-0.2, -0.15) is 0 Å². The van der Waals surface area contributed by atoms with Crippen LogP contribution in [0.3, 0.4) is 0 Å². The Morgan fingerprint density at radius 3 is 2.26 bits per heavy atom. The molecule has 0 rings (SSSR count). The van der Waals surface area contributed by atoms with Crippen molar-refractivity contribution in [2.24, 2.45) is 0 Å². The van der Waals surface area contributed by atoms with Gasteiger partial charge in [-0.05, 0) is 32.1 Å². The van der Waals surface area contributed by atoms with Crippen LogP contribution in [-0.2, 0) is 19.1 Å². The van der Waals surface area contributed by atoms with Gasteiger partial charge < -0.3 is 19.7 Å². The van der Waals surface area contributed by atoms with Gasteiger partial charge in [0.15, 0.2) is 0 Å². The average molecular weight is 437 g/mol. The second kappa shape index (κ2) is 21.1. The topological polar surface area (TPSA) is 93.1 Å². The summed E-state index contributed by atoms with van der Waals surface area (Å²) in [5.41, 5.74) is 0. The van der Waals surface area contributed by atoms with E-state index in [2.05, 4.69) is 29.9 Å². The van der Waals surface area contributed by atoms with Gasteiger partial charge in [-0.1, -0.05) is 74.8 Å². The molecule has 0 aromatic carbocycles. The Morgan fingerprint density at radius 2 is 1.55 bits per heavy atom. The number of allylic oxidation sites excluding steroid dienone is 7. The Kier molecular flexibility index (Phi) is 19.6. The van der Waals surface area contributed by atoms with E-state index in [-0.39, 0.29) is 31.7 Å². The molecule has 0 aromatic heterocycles. The summed E-state index contributed by atoms with van der Waals surface area (Å²) in [6, 6.07) is 0. The molecule has 2 atom stereocenters. The number of carbonyl (C=O) groups is 2. The quantitative estimate of drug-likeness (QED) is 0.141. The summed E-state index contributed by atoms with van der Waals surface area (Å²) in [7, 11) is 0. The molecule has 0 fully saturated rings. The number of hydrogen-bond acceptors (Lipinski definition) is 6. The van der Waals surface area contributed by atoms with E-state index in [0.717, 1.165) is 38.5 Å². The van der Waals surface area contributed by atoms with Gasteiger partial charge in [0.25, 0.3) is 0 Å². The minimum absolute atomic E-state index is 0.170. The monoisotopic (exact) mass is 436 g/mol. The van der Waals surface area contributed by atoms with Gasteiger partial charge >= 0.3 is 11.9 Å². The Bertz CT molecular complexity index is 577. The van der Waals surface area contributed by atoms with Crippen molar-refractivity contribution >= 4 is 11.9 Å². The molecule has 6 heteroatoms. The fraction of sp³-hybridized carbons (Fsp3) is 0.600. The summed E-state index contributed by atoms with van der Waals surface area (Å²) < 4.78 is 9.56. The van der Waals surface area contributed by atoms with Crippen molar-refractivity contribution in [1.82, 2.24) is 0 Å². The molecule has 0 radical (unpaired) electrons. The lowest BCUT2D eigenvalue weighted by atomic mass is 10.1. The summed E-state index contributed by atoms with van der Waals surface area (Å²) in [6.07, 6.45) is 22.3. The van der Waals surface area contributed by atoms with Crippen LogP contribution >= 0.6 is 0 Å². The Labute approximate surface area is 187 Å². The lowest BCUT2D eigenvalue weighted by Gasteiger charge is -2.10. The number of ether oxygens (including phenoxy) is 2. The van der Waals surface area contributed by atoms with Crippen LogP contribution in [0.2, 0.25) is 0 Å². The van der Waals surface area contributed by atoms with Gasteiger partial charge in [-0.3, -0.25) is 9.59 Å². The molecule has 0 bridgehead atoms. The molecule has 6 nitrogen and oxygen atoms in total. The van der Waals surface area contributed by atoms with Crippen molar-refractivity contribution in [3.05, 3.63) is 48.6 Å². The van der Waals surface area contributed by atoms with E-state index in [0.29, 0.717) is 6.42 Å². The molecule has 0 aliphatic heterocycles. The van der Waals surface area contributed by atoms with E-state index in [1.807, 2.05) is 30.4 Å². The lowest BCUT2D eigenvalue weighted by molar-refractivity contribution is -0.151. The van der Waals surface area contributed by atoms with Gasteiger partial charge in [0.2, 0.25) is 0 Å². The van der Waals surface area contributed by atoms with Crippen LogP contribution in [-0.4, -0.2) is 47.6 Å². The van der Waals surface area contributed by atoms with Gasteiger partial charge in [0.1, 0.15) is 19.3 Å². The first-order chi connectivity index (χ1) is 15.0. The number of unbranched alkanes of at least 4 members (excludes halogenated alkanes) is 3. The molecule has 0 unspecified atom stereocenters. The van der Waals surface area contributed by atoms with Crippen molar-refractivity contribution in [1.29, 1.82) is 0 Å². The van der Waals surface area contributed by atoms with E-state index in [9.17, 15) is 19.8 Å². The maximum atomic E-state index is 11.6. The van der Waals surface area contributed by atoms with Gasteiger partial charge in [0.05, 0.1) is 6.10 Å². The second-order valence-electron chi connectivity index (χ2n) is 7.32. The molecule has 2 N–H and O–H groups in total. The van der Waals surface area contributed by atoms with Crippen LogP contribution in [0.1, 0.15) is 71.6 Å². The van der Waals surface area contributed by atoms with E-state index in [4.69, 9.17) is 4.74 Å².